The van der Waals surface area contributed by atoms with E-state index in [1.807, 2.05) is 54.6 Å². The van der Waals surface area contributed by atoms with E-state index in [1.54, 1.807) is 0 Å². The van der Waals surface area contributed by atoms with E-state index in [-0.39, 0.29) is 24.5 Å². The molecule has 3 N–H and O–H groups in total. The zero-order valence-electron chi connectivity index (χ0n) is 18.1. The van der Waals surface area contributed by atoms with E-state index in [9.17, 15) is 9.59 Å². The van der Waals surface area contributed by atoms with Crippen LogP contribution in [-0.2, 0) is 16.1 Å². The highest BCUT2D eigenvalue weighted by molar-refractivity contribution is 5.77. The van der Waals surface area contributed by atoms with E-state index in [2.05, 4.69) is 34.4 Å². The lowest BCUT2D eigenvalue weighted by molar-refractivity contribution is -0.122. The van der Waals surface area contributed by atoms with Crippen molar-refractivity contribution in [1.29, 1.82) is 0 Å². The minimum absolute atomic E-state index is 0.0646. The van der Waals surface area contributed by atoms with E-state index in [0.29, 0.717) is 19.4 Å². The second kappa shape index (κ2) is 11.2. The highest BCUT2D eigenvalue weighted by Crippen LogP contribution is 2.24. The Kier molecular flexibility index (Phi) is 8.04. The summed E-state index contributed by atoms with van der Waals surface area (Å²) in [7, 11) is 0. The Labute approximate surface area is 182 Å². The predicted octanol–water partition coefficient (Wildman–Crippen LogP) is 4.47. The number of imidazole rings is 1. The van der Waals surface area contributed by atoms with Gasteiger partial charge in [0.1, 0.15) is 12.4 Å². The van der Waals surface area contributed by atoms with Crippen LogP contribution in [0.2, 0.25) is 0 Å². The third-order valence-corrected chi connectivity index (χ3v) is 5.29. The maximum Gasteiger partial charge on any atom is 0.407 e. The molecule has 3 aromatic rings. The van der Waals surface area contributed by atoms with Crippen LogP contribution < -0.4 is 10.6 Å². The van der Waals surface area contributed by atoms with Gasteiger partial charge in [-0.25, -0.2) is 9.78 Å². The summed E-state index contributed by atoms with van der Waals surface area (Å²) in [5, 5.41) is 5.79. The van der Waals surface area contributed by atoms with Gasteiger partial charge in [0.2, 0.25) is 5.91 Å². The maximum absolute atomic E-state index is 12.5. The van der Waals surface area contributed by atoms with E-state index in [0.717, 1.165) is 28.8 Å². The second-order valence-corrected chi connectivity index (χ2v) is 7.66. The van der Waals surface area contributed by atoms with Crippen LogP contribution in [0.4, 0.5) is 4.79 Å². The molecule has 0 aliphatic carbocycles. The molecule has 0 saturated carbocycles. The molecular weight excluding hydrogens is 392 g/mol. The van der Waals surface area contributed by atoms with Crippen molar-refractivity contribution in [1.82, 2.24) is 20.6 Å². The number of hydrogen-bond donors (Lipinski definition) is 3. The minimum atomic E-state index is -0.482. The van der Waals surface area contributed by atoms with E-state index in [4.69, 9.17) is 4.74 Å². The molecule has 0 saturated heterocycles. The van der Waals surface area contributed by atoms with E-state index < -0.39 is 6.09 Å². The fraction of sp³-hybridized carbons (Fsp3) is 0.375. The average Bonchev–Trinajstić information content (AvgIpc) is 3.23. The van der Waals surface area contributed by atoms with Crippen LogP contribution in [0.15, 0.2) is 54.6 Å². The number of benzene rings is 2. The second-order valence-electron chi connectivity index (χ2n) is 7.66. The number of para-hydroxylation sites is 2. The summed E-state index contributed by atoms with van der Waals surface area (Å²) in [5.74, 6) is 0.937. The molecule has 1 heterocycles. The van der Waals surface area contributed by atoms with Crippen LogP contribution in [0.5, 0.6) is 0 Å². The van der Waals surface area contributed by atoms with Crippen molar-refractivity contribution in [3.8, 4) is 0 Å². The molecule has 1 aromatic heterocycles. The standard InChI is InChI=1S/C24H30N4O3/c1-3-17(2)22(23-26-19-12-7-8-13-20(19)27-23)28-21(29)14-9-15-25-24(30)31-16-18-10-5-4-6-11-18/h4-8,10-13,17,22H,3,9,14-16H2,1-2H3,(H,25,30)(H,26,27)(H,28,29). The molecule has 0 bridgehead atoms. The first-order valence-electron chi connectivity index (χ1n) is 10.8. The van der Waals surface area contributed by atoms with Crippen molar-refractivity contribution in [2.45, 2.75) is 45.8 Å². The summed E-state index contributed by atoms with van der Waals surface area (Å²) in [6.45, 7) is 4.79. The molecule has 7 nitrogen and oxygen atoms in total. The highest BCUT2D eigenvalue weighted by Gasteiger charge is 2.23. The van der Waals surface area contributed by atoms with Gasteiger partial charge in [-0.15, -0.1) is 0 Å². The number of fused-ring (bicyclic) bond motifs is 1. The number of carbonyl (C=O) groups is 2. The molecule has 31 heavy (non-hydrogen) atoms. The Hall–Kier alpha value is -3.35. The lowest BCUT2D eigenvalue weighted by Crippen LogP contribution is -2.34. The number of nitrogens with zero attached hydrogens (tertiary/aromatic N) is 1. The van der Waals surface area contributed by atoms with Gasteiger partial charge in [0.15, 0.2) is 0 Å². The van der Waals surface area contributed by atoms with Crippen molar-refractivity contribution in [2.75, 3.05) is 6.54 Å². The Morgan fingerprint density at radius 2 is 1.84 bits per heavy atom. The number of amides is 2. The molecule has 0 radical (unpaired) electrons. The van der Waals surface area contributed by atoms with Crippen LogP contribution in [0, 0.1) is 5.92 Å². The molecule has 7 heteroatoms. The molecule has 0 aliphatic heterocycles. The number of rotatable bonds is 10. The first-order valence-corrected chi connectivity index (χ1v) is 10.8. The third kappa shape index (κ3) is 6.57. The van der Waals surface area contributed by atoms with E-state index >= 15 is 0 Å². The molecule has 2 atom stereocenters. The largest absolute Gasteiger partial charge is 0.445 e. The third-order valence-electron chi connectivity index (χ3n) is 5.29. The van der Waals surface area contributed by atoms with Gasteiger partial charge >= 0.3 is 6.09 Å². The lowest BCUT2D eigenvalue weighted by atomic mass is 9.98. The average molecular weight is 423 g/mol. The summed E-state index contributed by atoms with van der Waals surface area (Å²) in [4.78, 5) is 32.3. The number of ether oxygens (including phenoxy) is 1. The Balaban J connectivity index is 1.43. The van der Waals surface area contributed by atoms with Gasteiger partial charge in [-0.1, -0.05) is 62.7 Å². The molecule has 2 aromatic carbocycles. The van der Waals surface area contributed by atoms with Crippen LogP contribution >= 0.6 is 0 Å². The fourth-order valence-electron chi connectivity index (χ4n) is 3.29. The number of H-pyrrole nitrogens is 1. The van der Waals surface area contributed by atoms with Gasteiger partial charge in [0, 0.05) is 13.0 Å². The molecule has 2 unspecified atom stereocenters. The summed E-state index contributed by atoms with van der Waals surface area (Å²) in [6, 6.07) is 17.1. The van der Waals surface area contributed by atoms with Crippen LogP contribution in [-0.4, -0.2) is 28.5 Å². The maximum atomic E-state index is 12.5. The van der Waals surface area contributed by atoms with Crippen molar-refractivity contribution in [2.24, 2.45) is 5.92 Å². The number of alkyl carbamates (subject to hydrolysis) is 1. The first-order chi connectivity index (χ1) is 15.1. The van der Waals surface area contributed by atoms with Crippen molar-refractivity contribution < 1.29 is 14.3 Å². The monoisotopic (exact) mass is 422 g/mol. The van der Waals surface area contributed by atoms with Gasteiger partial charge in [-0.05, 0) is 30.0 Å². The minimum Gasteiger partial charge on any atom is -0.445 e. The smallest absolute Gasteiger partial charge is 0.407 e. The van der Waals surface area contributed by atoms with Crippen molar-refractivity contribution in [3.63, 3.8) is 0 Å². The van der Waals surface area contributed by atoms with Crippen LogP contribution in [0.1, 0.15) is 50.5 Å². The zero-order chi connectivity index (χ0) is 22.1. The number of aromatic nitrogens is 2. The lowest BCUT2D eigenvalue weighted by Gasteiger charge is -2.22. The van der Waals surface area contributed by atoms with E-state index in [1.165, 1.54) is 0 Å². The summed E-state index contributed by atoms with van der Waals surface area (Å²) in [5.41, 5.74) is 2.77. The molecule has 0 aliphatic rings. The summed E-state index contributed by atoms with van der Waals surface area (Å²) < 4.78 is 5.17. The topological polar surface area (TPSA) is 96.1 Å². The number of carbonyl (C=O) groups excluding carboxylic acids is 2. The van der Waals surface area contributed by atoms with Crippen molar-refractivity contribution in [3.05, 3.63) is 66.0 Å². The predicted molar refractivity (Wildman–Crippen MR) is 120 cm³/mol. The normalized spacial score (nSPS) is 12.8. The van der Waals surface area contributed by atoms with Gasteiger partial charge in [0.05, 0.1) is 17.1 Å². The number of aromatic amines is 1. The zero-order valence-corrected chi connectivity index (χ0v) is 18.1. The molecule has 164 valence electrons. The Morgan fingerprint density at radius 3 is 2.58 bits per heavy atom. The fourth-order valence-corrected chi connectivity index (χ4v) is 3.29. The Bertz CT molecular complexity index is 954. The van der Waals surface area contributed by atoms with Gasteiger partial charge in [-0.3, -0.25) is 4.79 Å². The molecule has 3 rings (SSSR count). The van der Waals surface area contributed by atoms with Crippen LogP contribution in [0.25, 0.3) is 11.0 Å². The Morgan fingerprint density at radius 1 is 1.10 bits per heavy atom. The quantitative estimate of drug-likeness (QED) is 0.420. The highest BCUT2D eigenvalue weighted by atomic mass is 16.5. The number of nitrogens with one attached hydrogen (secondary N) is 3. The summed E-state index contributed by atoms with van der Waals surface area (Å²) in [6.07, 6.45) is 1.27. The summed E-state index contributed by atoms with van der Waals surface area (Å²) >= 11 is 0. The number of hydrogen-bond acceptors (Lipinski definition) is 4. The van der Waals surface area contributed by atoms with Gasteiger partial charge in [-0.2, -0.15) is 0 Å². The molecule has 0 spiro atoms. The van der Waals surface area contributed by atoms with Gasteiger partial charge < -0.3 is 20.4 Å². The first kappa shape index (κ1) is 22.3. The molecular formula is C24H30N4O3. The van der Waals surface area contributed by atoms with Gasteiger partial charge in [0.25, 0.3) is 0 Å². The van der Waals surface area contributed by atoms with Crippen LogP contribution in [0.3, 0.4) is 0 Å². The molecule has 2 amide bonds. The molecule has 0 fully saturated rings. The van der Waals surface area contributed by atoms with Crippen molar-refractivity contribution >= 4 is 23.0 Å². The SMILES string of the molecule is CCC(C)C(NC(=O)CCCNC(=O)OCc1ccccc1)c1nc2ccccc2[nH]1.